The number of likely N-dealkylation sites (N-methyl/N-ethyl adjacent to an activating group) is 1. The molecule has 35 heavy (non-hydrogen) atoms. The maximum Gasteiger partial charge on any atom is 0.215 e. The van der Waals surface area contributed by atoms with Crippen molar-refractivity contribution >= 4 is 25.6 Å². The fourth-order valence-corrected chi connectivity index (χ4v) is 5.79. The molecule has 6 nitrogen and oxygen atoms in total. The van der Waals surface area contributed by atoms with Crippen molar-refractivity contribution < 1.29 is 18.6 Å². The predicted molar refractivity (Wildman–Crippen MR) is 145 cm³/mol. The highest BCUT2D eigenvalue weighted by molar-refractivity contribution is 7.80. The Hall–Kier alpha value is -2.13. The first kappa shape index (κ1) is 25.9. The Morgan fingerprint density at radius 3 is 2.46 bits per heavy atom. The first-order valence-electron chi connectivity index (χ1n) is 12.2. The monoisotopic (exact) mass is 514 g/mol. The van der Waals surface area contributed by atoms with E-state index in [1.807, 2.05) is 54.4 Å². The van der Waals surface area contributed by atoms with Gasteiger partial charge in [-0.25, -0.2) is 0 Å². The molecule has 2 heterocycles. The first-order valence-corrected chi connectivity index (χ1v) is 15.5. The molecule has 0 spiro atoms. The molecular weight excluding hydrogens is 476 g/mol. The summed E-state index contributed by atoms with van der Waals surface area (Å²) in [7, 11) is 1.67. The van der Waals surface area contributed by atoms with E-state index in [0.29, 0.717) is 24.9 Å². The Balaban J connectivity index is 1.63. The van der Waals surface area contributed by atoms with Crippen LogP contribution in [0.1, 0.15) is 37.9 Å². The molecule has 0 aromatic heterocycles. The smallest absolute Gasteiger partial charge is 0.215 e. The van der Waals surface area contributed by atoms with Crippen LogP contribution in [0.4, 0.5) is 0 Å². The second kappa shape index (κ2) is 9.73. The maximum absolute atomic E-state index is 6.80. The molecule has 1 saturated heterocycles. The molecule has 0 unspecified atom stereocenters. The number of hydrogen-bond donors (Lipinski definition) is 1. The maximum atomic E-state index is 6.80. The lowest BCUT2D eigenvalue weighted by Gasteiger charge is -2.57. The number of hydrogen-bond acceptors (Lipinski definition) is 5. The molecule has 8 heteroatoms. The number of rotatable bonds is 8. The third-order valence-corrected chi connectivity index (χ3v) is 12.7. The summed E-state index contributed by atoms with van der Waals surface area (Å²) in [5.74, 6) is 1.67. The minimum absolute atomic E-state index is 0.0147. The molecular formula is C27H38N2O4SSi. The van der Waals surface area contributed by atoms with Gasteiger partial charge < -0.3 is 28.9 Å². The van der Waals surface area contributed by atoms with E-state index in [-0.39, 0.29) is 17.0 Å². The van der Waals surface area contributed by atoms with Gasteiger partial charge in [-0.2, -0.15) is 0 Å². The van der Waals surface area contributed by atoms with Gasteiger partial charge in [0, 0.05) is 19.2 Å². The lowest BCUT2D eigenvalue weighted by atomic mass is 9.79. The highest BCUT2D eigenvalue weighted by atomic mass is 32.1. The van der Waals surface area contributed by atoms with Crippen molar-refractivity contribution in [3.05, 3.63) is 59.7 Å². The lowest BCUT2D eigenvalue weighted by molar-refractivity contribution is -0.172. The fraction of sp³-hybridized carbons (Fsp3) is 0.519. The number of nitrogens with zero attached hydrogens (tertiary/aromatic N) is 1. The standard InChI is InChI=1S/C27H38N2O4SSi/c1-26(2,3)35(6,7)32-17-22-24-21-10-8-9-11-23(21)33-27(22,29(4)25(34)28-24)18-31-16-19-12-14-20(30-5)15-13-19/h8-15,22,24H,16-18H2,1-7H3,(H,28,34)/t22-,24-,27+/m1/s1. The van der Waals surface area contributed by atoms with Crippen molar-refractivity contribution in [2.45, 2.75) is 57.3 Å². The normalized spacial score (nSPS) is 23.9. The van der Waals surface area contributed by atoms with Gasteiger partial charge in [0.05, 0.1) is 25.7 Å². The topological polar surface area (TPSA) is 52.2 Å². The van der Waals surface area contributed by atoms with Crippen molar-refractivity contribution in [1.29, 1.82) is 0 Å². The fourth-order valence-electron chi connectivity index (χ4n) is 4.48. The Morgan fingerprint density at radius 1 is 1.11 bits per heavy atom. The zero-order valence-corrected chi connectivity index (χ0v) is 23.7. The molecule has 2 aromatic rings. The molecule has 4 rings (SSSR count). The second-order valence-corrected chi connectivity index (χ2v) is 16.2. The van der Waals surface area contributed by atoms with E-state index < -0.39 is 14.0 Å². The average molecular weight is 515 g/mol. The molecule has 2 aliphatic rings. The Morgan fingerprint density at radius 2 is 1.80 bits per heavy atom. The van der Waals surface area contributed by atoms with Crippen molar-refractivity contribution in [2.24, 2.45) is 5.92 Å². The van der Waals surface area contributed by atoms with Crippen molar-refractivity contribution in [3.8, 4) is 11.5 Å². The molecule has 0 radical (unpaired) electrons. The number of para-hydroxylation sites is 1. The minimum Gasteiger partial charge on any atom is -0.497 e. The molecule has 3 atom stereocenters. The van der Waals surface area contributed by atoms with E-state index in [4.69, 9.17) is 30.9 Å². The summed E-state index contributed by atoms with van der Waals surface area (Å²) in [6.45, 7) is 12.7. The van der Waals surface area contributed by atoms with Crippen molar-refractivity contribution in [3.63, 3.8) is 0 Å². The lowest BCUT2D eigenvalue weighted by Crippen LogP contribution is -2.72. The van der Waals surface area contributed by atoms with Gasteiger partial charge in [0.15, 0.2) is 13.4 Å². The van der Waals surface area contributed by atoms with Crippen LogP contribution in [0.5, 0.6) is 11.5 Å². The quantitative estimate of drug-likeness (QED) is 0.369. The molecule has 2 aliphatic heterocycles. The summed E-state index contributed by atoms with van der Waals surface area (Å²) >= 11 is 5.76. The van der Waals surface area contributed by atoms with Gasteiger partial charge in [-0.05, 0) is 54.1 Å². The van der Waals surface area contributed by atoms with Gasteiger partial charge >= 0.3 is 0 Å². The van der Waals surface area contributed by atoms with Crippen LogP contribution in [0.25, 0.3) is 0 Å². The van der Waals surface area contributed by atoms with Crippen molar-refractivity contribution in [2.75, 3.05) is 27.4 Å². The van der Waals surface area contributed by atoms with E-state index in [1.165, 1.54) is 0 Å². The SMILES string of the molecule is COc1ccc(COC[C@@]23Oc4ccccc4[C@@H](NC(=S)N2C)[C@H]3CO[Si](C)(C)C(C)(C)C)cc1. The number of fused-ring (bicyclic) bond motifs is 4. The number of methoxy groups -OCH3 is 1. The average Bonchev–Trinajstić information content (AvgIpc) is 2.81. The summed E-state index contributed by atoms with van der Waals surface area (Å²) in [4.78, 5) is 2.02. The van der Waals surface area contributed by atoms with Gasteiger partial charge in [-0.15, -0.1) is 0 Å². The van der Waals surface area contributed by atoms with E-state index in [2.05, 4.69) is 45.2 Å². The summed E-state index contributed by atoms with van der Waals surface area (Å²) < 4.78 is 25.2. The summed E-state index contributed by atoms with van der Waals surface area (Å²) in [6.07, 6.45) is 0. The zero-order chi connectivity index (χ0) is 25.4. The molecule has 190 valence electrons. The second-order valence-electron chi connectivity index (χ2n) is 11.0. The largest absolute Gasteiger partial charge is 0.497 e. The van der Waals surface area contributed by atoms with E-state index in [0.717, 1.165) is 22.6 Å². The van der Waals surface area contributed by atoms with Gasteiger partial charge in [0.1, 0.15) is 18.1 Å². The molecule has 1 fully saturated rings. The molecule has 1 N–H and O–H groups in total. The zero-order valence-electron chi connectivity index (χ0n) is 21.9. The van der Waals surface area contributed by atoms with E-state index in [9.17, 15) is 0 Å². The molecule has 2 aromatic carbocycles. The van der Waals surface area contributed by atoms with Crippen molar-refractivity contribution in [1.82, 2.24) is 10.2 Å². The number of ether oxygens (including phenoxy) is 3. The van der Waals surface area contributed by atoms with Crippen LogP contribution in [-0.2, 0) is 15.8 Å². The molecule has 0 aliphatic carbocycles. The summed E-state index contributed by atoms with van der Waals surface area (Å²) in [6, 6.07) is 16.1. The number of nitrogens with one attached hydrogen (secondary N) is 1. The van der Waals surface area contributed by atoms with E-state index in [1.54, 1.807) is 7.11 Å². The first-order chi connectivity index (χ1) is 16.5. The van der Waals surface area contributed by atoms with E-state index >= 15 is 0 Å². The number of benzene rings is 2. The molecule has 0 saturated carbocycles. The Labute approximate surface area is 216 Å². The highest BCUT2D eigenvalue weighted by Gasteiger charge is 2.58. The van der Waals surface area contributed by atoms with Crippen LogP contribution in [0.2, 0.25) is 18.1 Å². The van der Waals surface area contributed by atoms with Crippen LogP contribution >= 0.6 is 12.2 Å². The highest BCUT2D eigenvalue weighted by Crippen LogP contribution is 2.49. The third kappa shape index (κ3) is 4.94. The Bertz CT molecular complexity index is 1060. The van der Waals surface area contributed by atoms with Gasteiger partial charge in [-0.3, -0.25) is 0 Å². The van der Waals surface area contributed by atoms with Gasteiger partial charge in [0.2, 0.25) is 5.72 Å². The minimum atomic E-state index is -1.98. The predicted octanol–water partition coefficient (Wildman–Crippen LogP) is 5.50. The molecule has 0 amide bonds. The van der Waals surface area contributed by atoms with Crippen LogP contribution < -0.4 is 14.8 Å². The van der Waals surface area contributed by atoms with Gasteiger partial charge in [0.25, 0.3) is 0 Å². The number of thiocarbonyl (C=S) groups is 1. The van der Waals surface area contributed by atoms with Crippen LogP contribution in [0, 0.1) is 5.92 Å². The van der Waals surface area contributed by atoms with Crippen LogP contribution in [0.3, 0.4) is 0 Å². The third-order valence-electron chi connectivity index (χ3n) is 7.84. The Kier molecular flexibility index (Phi) is 7.21. The van der Waals surface area contributed by atoms with Crippen LogP contribution in [0.15, 0.2) is 48.5 Å². The van der Waals surface area contributed by atoms with Gasteiger partial charge in [-0.1, -0.05) is 51.1 Å². The molecule has 2 bridgehead atoms. The van der Waals surface area contributed by atoms with Crippen LogP contribution in [-0.4, -0.2) is 51.4 Å². The summed E-state index contributed by atoms with van der Waals surface area (Å²) in [5, 5.41) is 4.33. The summed E-state index contributed by atoms with van der Waals surface area (Å²) in [5.41, 5.74) is 1.40.